The van der Waals surface area contributed by atoms with Crippen molar-refractivity contribution in [3.63, 3.8) is 0 Å². The van der Waals surface area contributed by atoms with E-state index in [9.17, 15) is 9.59 Å². The first-order valence-corrected chi connectivity index (χ1v) is 9.75. The molecule has 6 nitrogen and oxygen atoms in total. The van der Waals surface area contributed by atoms with Crippen LogP contribution in [0.3, 0.4) is 0 Å². The van der Waals surface area contributed by atoms with Crippen LogP contribution in [0, 0.1) is 0 Å². The normalized spacial score (nSPS) is 17.5. The number of aryl methyl sites for hydroxylation is 1. The van der Waals surface area contributed by atoms with Crippen molar-refractivity contribution in [2.75, 3.05) is 6.54 Å². The van der Waals surface area contributed by atoms with Crippen molar-refractivity contribution >= 4 is 28.1 Å². The third-order valence-electron chi connectivity index (χ3n) is 4.86. The Morgan fingerprint density at radius 3 is 2.96 bits per heavy atom. The highest BCUT2D eigenvalue weighted by atomic mass is 32.1. The third-order valence-corrected chi connectivity index (χ3v) is 5.73. The lowest BCUT2D eigenvalue weighted by Gasteiger charge is -2.34. The molecule has 0 bridgehead atoms. The summed E-state index contributed by atoms with van der Waals surface area (Å²) >= 11 is 1.60. The number of amides is 1. The monoisotopic (exact) mass is 368 g/mol. The van der Waals surface area contributed by atoms with E-state index in [-0.39, 0.29) is 17.5 Å². The summed E-state index contributed by atoms with van der Waals surface area (Å²) in [5.41, 5.74) is 0.582. The van der Waals surface area contributed by atoms with E-state index >= 15 is 0 Å². The van der Waals surface area contributed by atoms with Crippen molar-refractivity contribution in [1.82, 2.24) is 19.4 Å². The van der Waals surface area contributed by atoms with E-state index in [1.807, 2.05) is 28.5 Å². The van der Waals surface area contributed by atoms with Gasteiger partial charge in [0.25, 0.3) is 5.56 Å². The summed E-state index contributed by atoms with van der Waals surface area (Å²) in [6.07, 6.45) is 6.70. The molecule has 1 fully saturated rings. The smallest absolute Gasteiger partial charge is 0.261 e. The van der Waals surface area contributed by atoms with Crippen LogP contribution in [0.25, 0.3) is 10.9 Å². The minimum Gasteiger partial charge on any atom is -0.333 e. The van der Waals surface area contributed by atoms with Crippen molar-refractivity contribution < 1.29 is 4.79 Å². The average molecular weight is 368 g/mol. The third kappa shape index (κ3) is 3.26. The number of piperidine rings is 1. The topological polar surface area (TPSA) is 68.1 Å². The zero-order chi connectivity index (χ0) is 17.9. The van der Waals surface area contributed by atoms with Crippen LogP contribution in [0.5, 0.6) is 0 Å². The number of carbonyl (C=O) groups excluding carboxylic acids is 1. The molecule has 0 N–H and O–H groups in total. The van der Waals surface area contributed by atoms with E-state index in [1.165, 1.54) is 10.9 Å². The number of fused-ring (bicyclic) bond motifs is 1. The van der Waals surface area contributed by atoms with Crippen molar-refractivity contribution in [1.29, 1.82) is 0 Å². The van der Waals surface area contributed by atoms with E-state index in [2.05, 4.69) is 9.97 Å². The SMILES string of the molecule is O=C(CCn1cnc2ccccc2c1=O)N1CCCCC1c1nccs1. The highest BCUT2D eigenvalue weighted by molar-refractivity contribution is 7.09. The van der Waals surface area contributed by atoms with E-state index in [1.54, 1.807) is 23.6 Å². The van der Waals surface area contributed by atoms with Gasteiger partial charge in [-0.1, -0.05) is 12.1 Å². The molecule has 26 heavy (non-hydrogen) atoms. The molecule has 1 aliphatic rings. The number of para-hydroxylation sites is 1. The van der Waals surface area contributed by atoms with Gasteiger partial charge in [-0.2, -0.15) is 0 Å². The summed E-state index contributed by atoms with van der Waals surface area (Å²) < 4.78 is 1.53. The predicted molar refractivity (Wildman–Crippen MR) is 101 cm³/mol. The summed E-state index contributed by atoms with van der Waals surface area (Å²) in [6.45, 7) is 1.10. The van der Waals surface area contributed by atoms with Gasteiger partial charge in [-0.15, -0.1) is 11.3 Å². The zero-order valence-electron chi connectivity index (χ0n) is 14.4. The molecule has 1 unspecified atom stereocenters. The number of aromatic nitrogens is 3. The maximum absolute atomic E-state index is 12.8. The molecule has 0 radical (unpaired) electrons. The molecule has 0 aliphatic carbocycles. The molecule has 4 rings (SSSR count). The van der Waals surface area contributed by atoms with Gasteiger partial charge in [0.15, 0.2) is 0 Å². The molecule has 1 amide bonds. The summed E-state index contributed by atoms with van der Waals surface area (Å²) in [5, 5.41) is 3.54. The predicted octanol–water partition coefficient (Wildman–Crippen LogP) is 3.00. The molecule has 3 heterocycles. The van der Waals surface area contributed by atoms with Gasteiger partial charge in [0.1, 0.15) is 5.01 Å². The number of nitrogens with zero attached hydrogens (tertiary/aromatic N) is 4. The van der Waals surface area contributed by atoms with E-state index in [4.69, 9.17) is 0 Å². The van der Waals surface area contributed by atoms with Crippen molar-refractivity contribution in [2.45, 2.75) is 38.3 Å². The summed E-state index contributed by atoms with van der Waals surface area (Å²) in [4.78, 5) is 36.0. The molecule has 0 saturated carbocycles. The van der Waals surface area contributed by atoms with Crippen LogP contribution in [0.2, 0.25) is 0 Å². The standard InChI is InChI=1S/C19H20N4O2S/c24-17(23-10-4-3-7-16(23)18-20-9-12-26-18)8-11-22-13-21-15-6-2-1-5-14(15)19(22)25/h1-2,5-6,9,12-13,16H,3-4,7-8,10-11H2. The van der Waals surface area contributed by atoms with Crippen LogP contribution in [0.1, 0.15) is 36.7 Å². The second kappa shape index (κ2) is 7.37. The van der Waals surface area contributed by atoms with Gasteiger partial charge >= 0.3 is 0 Å². The Labute approximate surface area is 155 Å². The second-order valence-corrected chi connectivity index (χ2v) is 7.41. The maximum atomic E-state index is 12.8. The Kier molecular flexibility index (Phi) is 4.79. The highest BCUT2D eigenvalue weighted by Crippen LogP contribution is 2.32. The molecule has 7 heteroatoms. The first-order chi connectivity index (χ1) is 12.7. The Hall–Kier alpha value is -2.54. The lowest BCUT2D eigenvalue weighted by molar-refractivity contribution is -0.135. The number of likely N-dealkylation sites (tertiary alicyclic amines) is 1. The van der Waals surface area contributed by atoms with Crippen LogP contribution in [-0.2, 0) is 11.3 Å². The van der Waals surface area contributed by atoms with Crippen LogP contribution in [0.15, 0.2) is 47.0 Å². The average Bonchev–Trinajstić information content (AvgIpc) is 3.22. The Morgan fingerprint density at radius 2 is 2.12 bits per heavy atom. The number of rotatable bonds is 4. The molecule has 2 aromatic heterocycles. The fraction of sp³-hybridized carbons (Fsp3) is 0.368. The van der Waals surface area contributed by atoms with E-state index in [0.29, 0.717) is 23.9 Å². The van der Waals surface area contributed by atoms with Gasteiger partial charge in [0.05, 0.1) is 23.3 Å². The Morgan fingerprint density at radius 1 is 1.23 bits per heavy atom. The number of carbonyl (C=O) groups is 1. The molecule has 1 aliphatic heterocycles. The molecular formula is C19H20N4O2S. The number of hydrogen-bond donors (Lipinski definition) is 0. The molecule has 3 aromatic rings. The summed E-state index contributed by atoms with van der Waals surface area (Å²) in [7, 11) is 0. The van der Waals surface area contributed by atoms with Gasteiger partial charge < -0.3 is 4.90 Å². The summed E-state index contributed by atoms with van der Waals surface area (Å²) in [6, 6.07) is 7.35. The van der Waals surface area contributed by atoms with Crippen molar-refractivity contribution in [3.8, 4) is 0 Å². The molecular weight excluding hydrogens is 348 g/mol. The van der Waals surface area contributed by atoms with Crippen molar-refractivity contribution in [3.05, 3.63) is 57.5 Å². The first-order valence-electron chi connectivity index (χ1n) is 8.87. The highest BCUT2D eigenvalue weighted by Gasteiger charge is 2.29. The van der Waals surface area contributed by atoms with Crippen LogP contribution >= 0.6 is 11.3 Å². The fourth-order valence-electron chi connectivity index (χ4n) is 3.51. The fourth-order valence-corrected chi connectivity index (χ4v) is 4.30. The first kappa shape index (κ1) is 16.9. The number of thiazole rings is 1. The molecule has 134 valence electrons. The van der Waals surface area contributed by atoms with Crippen LogP contribution < -0.4 is 5.56 Å². The quantitative estimate of drug-likeness (QED) is 0.710. The molecule has 1 atom stereocenters. The van der Waals surface area contributed by atoms with Crippen LogP contribution in [-0.4, -0.2) is 31.9 Å². The Bertz CT molecular complexity index is 967. The molecule has 1 saturated heterocycles. The number of hydrogen-bond acceptors (Lipinski definition) is 5. The van der Waals surface area contributed by atoms with Gasteiger partial charge in [-0.3, -0.25) is 14.2 Å². The van der Waals surface area contributed by atoms with Crippen molar-refractivity contribution in [2.24, 2.45) is 0 Å². The molecule has 0 spiro atoms. The summed E-state index contributed by atoms with van der Waals surface area (Å²) in [5.74, 6) is 0.0740. The largest absolute Gasteiger partial charge is 0.333 e. The van der Waals surface area contributed by atoms with E-state index < -0.39 is 0 Å². The lowest BCUT2D eigenvalue weighted by Crippen LogP contribution is -2.39. The Balaban J connectivity index is 1.50. The minimum absolute atomic E-state index is 0.0719. The van der Waals surface area contributed by atoms with E-state index in [0.717, 1.165) is 30.8 Å². The molecule has 1 aromatic carbocycles. The van der Waals surface area contributed by atoms with Gasteiger partial charge in [-0.05, 0) is 31.4 Å². The second-order valence-electron chi connectivity index (χ2n) is 6.48. The van der Waals surface area contributed by atoms with Gasteiger partial charge in [0, 0.05) is 31.1 Å². The van der Waals surface area contributed by atoms with Gasteiger partial charge in [0.2, 0.25) is 5.91 Å². The maximum Gasteiger partial charge on any atom is 0.261 e. The van der Waals surface area contributed by atoms with Gasteiger partial charge in [-0.25, -0.2) is 9.97 Å². The minimum atomic E-state index is -0.0986. The zero-order valence-corrected chi connectivity index (χ0v) is 15.2. The van der Waals surface area contributed by atoms with Crippen LogP contribution in [0.4, 0.5) is 0 Å². The number of benzene rings is 1. The lowest BCUT2D eigenvalue weighted by atomic mass is 10.0.